The SMILES string of the molecule is O=C(O)C(Nc1cc(O)cc(C(F)(F)F)c1)c1ccccc1. The Labute approximate surface area is 123 Å². The molecule has 2 aromatic rings. The van der Waals surface area contributed by atoms with E-state index in [4.69, 9.17) is 0 Å². The normalized spacial score (nSPS) is 12.7. The summed E-state index contributed by atoms with van der Waals surface area (Å²) < 4.78 is 38.1. The molecule has 0 saturated carbocycles. The van der Waals surface area contributed by atoms with Crippen LogP contribution in [0.15, 0.2) is 48.5 Å². The van der Waals surface area contributed by atoms with Gasteiger partial charge in [-0.1, -0.05) is 30.3 Å². The number of anilines is 1. The number of aliphatic carboxylic acids is 1. The van der Waals surface area contributed by atoms with Gasteiger partial charge in [0.1, 0.15) is 5.75 Å². The van der Waals surface area contributed by atoms with Crippen molar-refractivity contribution in [2.45, 2.75) is 12.2 Å². The minimum atomic E-state index is -4.64. The summed E-state index contributed by atoms with van der Waals surface area (Å²) in [6.07, 6.45) is -4.64. The van der Waals surface area contributed by atoms with Gasteiger partial charge in [0.25, 0.3) is 0 Å². The van der Waals surface area contributed by atoms with Gasteiger partial charge < -0.3 is 15.5 Å². The molecule has 0 aliphatic rings. The Hall–Kier alpha value is -2.70. The Morgan fingerprint density at radius 1 is 1.09 bits per heavy atom. The molecule has 0 fully saturated rings. The van der Waals surface area contributed by atoms with E-state index >= 15 is 0 Å². The molecule has 2 rings (SSSR count). The number of phenols is 1. The number of phenolic OH excluding ortho intramolecular Hbond substituents is 1. The van der Waals surface area contributed by atoms with E-state index in [2.05, 4.69) is 5.32 Å². The maximum absolute atomic E-state index is 12.7. The topological polar surface area (TPSA) is 69.6 Å². The van der Waals surface area contributed by atoms with Gasteiger partial charge in [-0.2, -0.15) is 13.2 Å². The largest absolute Gasteiger partial charge is 0.508 e. The van der Waals surface area contributed by atoms with Gasteiger partial charge in [-0.25, -0.2) is 4.79 Å². The minimum Gasteiger partial charge on any atom is -0.508 e. The van der Waals surface area contributed by atoms with Gasteiger partial charge in [-0.3, -0.25) is 0 Å². The van der Waals surface area contributed by atoms with Crippen LogP contribution in [-0.4, -0.2) is 16.2 Å². The zero-order valence-electron chi connectivity index (χ0n) is 11.1. The summed E-state index contributed by atoms with van der Waals surface area (Å²) in [4.78, 5) is 11.3. The summed E-state index contributed by atoms with van der Waals surface area (Å²) in [7, 11) is 0. The van der Waals surface area contributed by atoms with Crippen molar-refractivity contribution < 1.29 is 28.2 Å². The predicted molar refractivity (Wildman–Crippen MR) is 73.6 cm³/mol. The van der Waals surface area contributed by atoms with E-state index in [1.54, 1.807) is 30.3 Å². The number of halogens is 3. The highest BCUT2D eigenvalue weighted by atomic mass is 19.4. The fourth-order valence-corrected chi connectivity index (χ4v) is 1.96. The molecule has 0 amide bonds. The van der Waals surface area contributed by atoms with Gasteiger partial charge in [-0.05, 0) is 17.7 Å². The molecule has 0 aliphatic carbocycles. The molecule has 116 valence electrons. The second-order valence-corrected chi connectivity index (χ2v) is 4.59. The van der Waals surface area contributed by atoms with E-state index in [0.717, 1.165) is 12.1 Å². The smallest absolute Gasteiger partial charge is 0.416 e. The Balaban J connectivity index is 2.35. The zero-order valence-corrected chi connectivity index (χ0v) is 11.1. The van der Waals surface area contributed by atoms with Crippen molar-refractivity contribution in [1.82, 2.24) is 0 Å². The van der Waals surface area contributed by atoms with Gasteiger partial charge in [-0.15, -0.1) is 0 Å². The fourth-order valence-electron chi connectivity index (χ4n) is 1.96. The van der Waals surface area contributed by atoms with Crippen molar-refractivity contribution in [3.8, 4) is 5.75 Å². The lowest BCUT2D eigenvalue weighted by Crippen LogP contribution is -2.20. The van der Waals surface area contributed by atoms with Crippen molar-refractivity contribution in [2.24, 2.45) is 0 Å². The first kappa shape index (κ1) is 15.7. The summed E-state index contributed by atoms with van der Waals surface area (Å²) in [5.41, 5.74) is -0.817. The average molecular weight is 311 g/mol. The van der Waals surface area contributed by atoms with Crippen LogP contribution in [0.5, 0.6) is 5.75 Å². The molecule has 0 heterocycles. The fraction of sp³-hybridized carbons (Fsp3) is 0.133. The number of hydrogen-bond donors (Lipinski definition) is 3. The van der Waals surface area contributed by atoms with Crippen LogP contribution < -0.4 is 5.32 Å². The van der Waals surface area contributed by atoms with E-state index in [1.165, 1.54) is 0 Å². The van der Waals surface area contributed by atoms with Crippen LogP contribution >= 0.6 is 0 Å². The molecule has 1 atom stereocenters. The maximum atomic E-state index is 12.7. The molecule has 0 spiro atoms. The van der Waals surface area contributed by atoms with Crippen molar-refractivity contribution in [1.29, 1.82) is 0 Å². The summed E-state index contributed by atoms with van der Waals surface area (Å²) in [6.45, 7) is 0. The first-order valence-electron chi connectivity index (χ1n) is 6.23. The zero-order chi connectivity index (χ0) is 16.3. The molecular weight excluding hydrogens is 299 g/mol. The Bertz CT molecular complexity index is 671. The van der Waals surface area contributed by atoms with E-state index in [0.29, 0.717) is 11.6 Å². The number of benzene rings is 2. The van der Waals surface area contributed by atoms with Crippen LogP contribution in [0.4, 0.5) is 18.9 Å². The molecular formula is C15H12F3NO3. The maximum Gasteiger partial charge on any atom is 0.416 e. The summed E-state index contributed by atoms with van der Waals surface area (Å²) >= 11 is 0. The van der Waals surface area contributed by atoms with E-state index in [-0.39, 0.29) is 5.69 Å². The standard InChI is InChI=1S/C15H12F3NO3/c16-15(17,18)10-6-11(8-12(20)7-10)19-13(14(21)22)9-4-2-1-3-5-9/h1-8,13,19-20H,(H,21,22). The second kappa shape index (κ2) is 5.97. The Morgan fingerprint density at radius 3 is 2.27 bits per heavy atom. The molecule has 1 unspecified atom stereocenters. The van der Waals surface area contributed by atoms with E-state index in [1.807, 2.05) is 0 Å². The third-order valence-corrected chi connectivity index (χ3v) is 2.94. The third kappa shape index (κ3) is 3.69. The van der Waals surface area contributed by atoms with Crippen molar-refractivity contribution in [2.75, 3.05) is 5.32 Å². The molecule has 2 aromatic carbocycles. The molecule has 0 saturated heterocycles. The molecule has 3 N–H and O–H groups in total. The molecule has 22 heavy (non-hydrogen) atoms. The van der Waals surface area contributed by atoms with Gasteiger partial charge in [0.15, 0.2) is 6.04 Å². The van der Waals surface area contributed by atoms with Crippen molar-refractivity contribution in [3.05, 3.63) is 59.7 Å². The van der Waals surface area contributed by atoms with Crippen LogP contribution in [0, 0.1) is 0 Å². The molecule has 7 heteroatoms. The molecule has 4 nitrogen and oxygen atoms in total. The Morgan fingerprint density at radius 2 is 1.73 bits per heavy atom. The minimum absolute atomic E-state index is 0.136. The average Bonchev–Trinajstić information content (AvgIpc) is 2.44. The predicted octanol–water partition coefficient (Wildman–Crippen LogP) is 3.65. The Kier molecular flexibility index (Phi) is 4.25. The summed E-state index contributed by atoms with van der Waals surface area (Å²) in [5.74, 6) is -1.85. The lowest BCUT2D eigenvalue weighted by Gasteiger charge is -2.17. The quantitative estimate of drug-likeness (QED) is 0.806. The van der Waals surface area contributed by atoms with E-state index < -0.39 is 29.5 Å². The number of aromatic hydroxyl groups is 1. The highest BCUT2D eigenvalue weighted by Crippen LogP contribution is 2.34. The molecule has 0 bridgehead atoms. The lowest BCUT2D eigenvalue weighted by molar-refractivity contribution is -0.138. The van der Waals surface area contributed by atoms with Crippen LogP contribution in [0.3, 0.4) is 0 Å². The van der Waals surface area contributed by atoms with E-state index in [9.17, 15) is 28.2 Å². The highest BCUT2D eigenvalue weighted by molar-refractivity contribution is 5.79. The molecule has 0 aliphatic heterocycles. The number of carbonyl (C=O) groups is 1. The highest BCUT2D eigenvalue weighted by Gasteiger charge is 2.31. The van der Waals surface area contributed by atoms with Crippen LogP contribution in [0.2, 0.25) is 0 Å². The second-order valence-electron chi connectivity index (χ2n) is 4.59. The number of carboxylic acids is 1. The van der Waals surface area contributed by atoms with Crippen LogP contribution in [0.25, 0.3) is 0 Å². The molecule has 0 radical (unpaired) electrons. The first-order valence-corrected chi connectivity index (χ1v) is 6.23. The molecule has 0 aromatic heterocycles. The third-order valence-electron chi connectivity index (χ3n) is 2.94. The van der Waals surface area contributed by atoms with Crippen molar-refractivity contribution >= 4 is 11.7 Å². The summed E-state index contributed by atoms with van der Waals surface area (Å²) in [5, 5.41) is 21.1. The number of hydrogen-bond acceptors (Lipinski definition) is 3. The van der Waals surface area contributed by atoms with Crippen LogP contribution in [-0.2, 0) is 11.0 Å². The monoisotopic (exact) mass is 311 g/mol. The lowest BCUT2D eigenvalue weighted by atomic mass is 10.1. The first-order chi connectivity index (χ1) is 10.3. The van der Waals surface area contributed by atoms with Gasteiger partial charge >= 0.3 is 12.1 Å². The number of nitrogens with one attached hydrogen (secondary N) is 1. The van der Waals surface area contributed by atoms with Gasteiger partial charge in [0.05, 0.1) is 5.56 Å². The van der Waals surface area contributed by atoms with Crippen molar-refractivity contribution in [3.63, 3.8) is 0 Å². The number of alkyl halides is 3. The number of rotatable bonds is 4. The van der Waals surface area contributed by atoms with Gasteiger partial charge in [0.2, 0.25) is 0 Å². The summed E-state index contributed by atoms with van der Waals surface area (Å²) in [6, 6.07) is 9.14. The number of carboxylic acid groups (broad SMARTS) is 1. The van der Waals surface area contributed by atoms with Gasteiger partial charge in [0, 0.05) is 11.8 Å². The van der Waals surface area contributed by atoms with Crippen LogP contribution in [0.1, 0.15) is 17.2 Å².